The van der Waals surface area contributed by atoms with Crippen LogP contribution in [0.25, 0.3) is 0 Å². The summed E-state index contributed by atoms with van der Waals surface area (Å²) in [6, 6.07) is 4.84. The Balaban J connectivity index is 2.11. The third-order valence-corrected chi connectivity index (χ3v) is 3.01. The fourth-order valence-corrected chi connectivity index (χ4v) is 1.68. The molecule has 1 aliphatic rings. The van der Waals surface area contributed by atoms with E-state index in [1.807, 2.05) is 0 Å². The molecular weight excluding hydrogens is 262 g/mol. The molecule has 0 aromatic heterocycles. The maximum Gasteiger partial charge on any atom is 0.322 e. The number of ether oxygens (including phenoxy) is 2. The molecule has 2 N–H and O–H groups in total. The van der Waals surface area contributed by atoms with Crippen LogP contribution in [0, 0.1) is 5.92 Å². The van der Waals surface area contributed by atoms with Crippen molar-refractivity contribution in [1.29, 1.82) is 0 Å². The Morgan fingerprint density at radius 3 is 2.75 bits per heavy atom. The van der Waals surface area contributed by atoms with Crippen LogP contribution >= 0.6 is 0 Å². The molecule has 1 amide bonds. The quantitative estimate of drug-likeness (QED) is 0.785. The molecule has 1 fully saturated rings. The lowest BCUT2D eigenvalue weighted by Gasteiger charge is -2.12. The molecule has 0 aliphatic heterocycles. The van der Waals surface area contributed by atoms with E-state index >= 15 is 0 Å². The van der Waals surface area contributed by atoms with E-state index in [9.17, 15) is 9.59 Å². The number of methoxy groups -OCH3 is 1. The standard InChI is InChI=1S/C14H17NO5/c1-19-10-4-5-11(14(18)15-7-13(16)17)12(6-10)20-8-9-2-3-9/h4-6,9H,2-3,7-8H2,1H3,(H,15,18)(H,16,17). The van der Waals surface area contributed by atoms with Crippen molar-refractivity contribution in [2.24, 2.45) is 5.92 Å². The summed E-state index contributed by atoms with van der Waals surface area (Å²) in [5.74, 6) is -0.00554. The molecule has 1 saturated carbocycles. The van der Waals surface area contributed by atoms with Crippen LogP contribution in [0.15, 0.2) is 18.2 Å². The molecule has 0 bridgehead atoms. The number of carbonyl (C=O) groups is 2. The Hall–Kier alpha value is -2.24. The molecule has 2 rings (SSSR count). The van der Waals surface area contributed by atoms with Gasteiger partial charge in [0.05, 0.1) is 19.3 Å². The summed E-state index contributed by atoms with van der Waals surface area (Å²) in [6.45, 7) is 0.138. The molecule has 108 valence electrons. The lowest BCUT2D eigenvalue weighted by Crippen LogP contribution is -2.29. The van der Waals surface area contributed by atoms with E-state index in [0.29, 0.717) is 29.6 Å². The predicted octanol–water partition coefficient (Wildman–Crippen LogP) is 1.30. The predicted molar refractivity (Wildman–Crippen MR) is 71.2 cm³/mol. The smallest absolute Gasteiger partial charge is 0.322 e. The van der Waals surface area contributed by atoms with Crippen molar-refractivity contribution in [2.45, 2.75) is 12.8 Å². The van der Waals surface area contributed by atoms with E-state index in [4.69, 9.17) is 14.6 Å². The van der Waals surface area contributed by atoms with Crippen LogP contribution in [-0.2, 0) is 4.79 Å². The molecule has 20 heavy (non-hydrogen) atoms. The van der Waals surface area contributed by atoms with Gasteiger partial charge in [0.15, 0.2) is 0 Å². The highest BCUT2D eigenvalue weighted by molar-refractivity contribution is 5.98. The first-order valence-corrected chi connectivity index (χ1v) is 6.41. The Morgan fingerprint density at radius 2 is 2.15 bits per heavy atom. The molecule has 1 aromatic carbocycles. The van der Waals surface area contributed by atoms with Gasteiger partial charge in [-0.25, -0.2) is 0 Å². The normalized spacial score (nSPS) is 13.7. The molecule has 0 heterocycles. The second-order valence-corrected chi connectivity index (χ2v) is 4.69. The number of nitrogens with one attached hydrogen (secondary N) is 1. The highest BCUT2D eigenvalue weighted by atomic mass is 16.5. The van der Waals surface area contributed by atoms with Crippen molar-refractivity contribution in [3.63, 3.8) is 0 Å². The average Bonchev–Trinajstić information content (AvgIpc) is 3.26. The molecule has 1 aromatic rings. The summed E-state index contributed by atoms with van der Waals surface area (Å²) in [6.07, 6.45) is 2.29. The lowest BCUT2D eigenvalue weighted by atomic mass is 10.1. The maximum atomic E-state index is 11.9. The minimum atomic E-state index is -1.09. The Bertz CT molecular complexity index is 510. The summed E-state index contributed by atoms with van der Waals surface area (Å²) >= 11 is 0. The molecular formula is C14H17NO5. The topological polar surface area (TPSA) is 84.9 Å². The van der Waals surface area contributed by atoms with Crippen LogP contribution in [0.3, 0.4) is 0 Å². The van der Waals surface area contributed by atoms with Gasteiger partial charge >= 0.3 is 5.97 Å². The minimum absolute atomic E-state index is 0.313. The van der Waals surface area contributed by atoms with Crippen LogP contribution in [-0.4, -0.2) is 37.2 Å². The van der Waals surface area contributed by atoms with Gasteiger partial charge in [0, 0.05) is 6.07 Å². The third-order valence-electron chi connectivity index (χ3n) is 3.01. The van der Waals surface area contributed by atoms with Crippen LogP contribution < -0.4 is 14.8 Å². The largest absolute Gasteiger partial charge is 0.497 e. The summed E-state index contributed by atoms with van der Waals surface area (Å²) in [5.41, 5.74) is 0.313. The number of hydrogen-bond acceptors (Lipinski definition) is 4. The van der Waals surface area contributed by atoms with E-state index in [-0.39, 0.29) is 0 Å². The van der Waals surface area contributed by atoms with E-state index in [0.717, 1.165) is 12.8 Å². The summed E-state index contributed by atoms with van der Waals surface area (Å²) in [7, 11) is 1.53. The number of aliphatic carboxylic acids is 1. The fraction of sp³-hybridized carbons (Fsp3) is 0.429. The van der Waals surface area contributed by atoms with Crippen molar-refractivity contribution >= 4 is 11.9 Å². The zero-order chi connectivity index (χ0) is 14.5. The van der Waals surface area contributed by atoms with Crippen LogP contribution in [0.5, 0.6) is 11.5 Å². The summed E-state index contributed by atoms with van der Waals surface area (Å²) in [5, 5.41) is 10.9. The number of carboxylic acids is 1. The molecule has 0 saturated heterocycles. The van der Waals surface area contributed by atoms with Gasteiger partial charge in [-0.1, -0.05) is 0 Å². The van der Waals surface area contributed by atoms with Crippen LogP contribution in [0.1, 0.15) is 23.2 Å². The number of hydrogen-bond donors (Lipinski definition) is 2. The molecule has 6 heteroatoms. The Kier molecular flexibility index (Phi) is 4.45. The second kappa shape index (κ2) is 6.27. The minimum Gasteiger partial charge on any atom is -0.497 e. The average molecular weight is 279 g/mol. The highest BCUT2D eigenvalue weighted by Gasteiger charge is 2.23. The van der Waals surface area contributed by atoms with Gasteiger partial charge in [0.2, 0.25) is 0 Å². The van der Waals surface area contributed by atoms with Gasteiger partial charge in [-0.2, -0.15) is 0 Å². The number of benzene rings is 1. The first-order chi connectivity index (χ1) is 9.60. The van der Waals surface area contributed by atoms with Crippen molar-refractivity contribution in [3.05, 3.63) is 23.8 Å². The summed E-state index contributed by atoms with van der Waals surface area (Å²) in [4.78, 5) is 22.4. The fourth-order valence-electron chi connectivity index (χ4n) is 1.68. The molecule has 0 atom stereocenters. The third kappa shape index (κ3) is 3.88. The lowest BCUT2D eigenvalue weighted by molar-refractivity contribution is -0.135. The second-order valence-electron chi connectivity index (χ2n) is 4.69. The molecule has 0 radical (unpaired) electrons. The zero-order valence-electron chi connectivity index (χ0n) is 11.2. The van der Waals surface area contributed by atoms with Crippen LogP contribution in [0.2, 0.25) is 0 Å². The van der Waals surface area contributed by atoms with Crippen LogP contribution in [0.4, 0.5) is 0 Å². The monoisotopic (exact) mass is 279 g/mol. The van der Waals surface area contributed by atoms with Gasteiger partial charge in [0.25, 0.3) is 5.91 Å². The number of rotatable bonds is 7. The Labute approximate surface area is 116 Å². The molecule has 6 nitrogen and oxygen atoms in total. The van der Waals surface area contributed by atoms with E-state index in [1.54, 1.807) is 18.2 Å². The van der Waals surface area contributed by atoms with Gasteiger partial charge in [-0.15, -0.1) is 0 Å². The maximum absolute atomic E-state index is 11.9. The molecule has 0 spiro atoms. The zero-order valence-corrected chi connectivity index (χ0v) is 11.2. The van der Waals surface area contributed by atoms with E-state index in [1.165, 1.54) is 7.11 Å². The summed E-state index contributed by atoms with van der Waals surface area (Å²) < 4.78 is 10.7. The van der Waals surface area contributed by atoms with E-state index < -0.39 is 18.4 Å². The van der Waals surface area contributed by atoms with Crippen molar-refractivity contribution in [2.75, 3.05) is 20.3 Å². The van der Waals surface area contributed by atoms with Gasteiger partial charge in [-0.3, -0.25) is 9.59 Å². The number of amides is 1. The van der Waals surface area contributed by atoms with Crippen molar-refractivity contribution in [3.8, 4) is 11.5 Å². The molecule has 1 aliphatic carbocycles. The SMILES string of the molecule is COc1ccc(C(=O)NCC(=O)O)c(OCC2CC2)c1. The van der Waals surface area contributed by atoms with Crippen molar-refractivity contribution in [1.82, 2.24) is 5.32 Å². The van der Waals surface area contributed by atoms with Gasteiger partial charge < -0.3 is 19.9 Å². The van der Waals surface area contributed by atoms with Gasteiger partial charge in [0.1, 0.15) is 18.0 Å². The van der Waals surface area contributed by atoms with E-state index in [2.05, 4.69) is 5.32 Å². The van der Waals surface area contributed by atoms with Crippen molar-refractivity contribution < 1.29 is 24.2 Å². The Morgan fingerprint density at radius 1 is 1.40 bits per heavy atom. The molecule has 0 unspecified atom stereocenters. The first-order valence-electron chi connectivity index (χ1n) is 6.41. The first kappa shape index (κ1) is 14.2. The van der Waals surface area contributed by atoms with Gasteiger partial charge in [-0.05, 0) is 30.9 Å². The highest BCUT2D eigenvalue weighted by Crippen LogP contribution is 2.31. The number of carbonyl (C=O) groups excluding carboxylic acids is 1. The number of carboxylic acid groups (broad SMARTS) is 1.